The van der Waals surface area contributed by atoms with Crippen molar-refractivity contribution in [3.8, 4) is 5.75 Å². The fourth-order valence-corrected chi connectivity index (χ4v) is 2.45. The number of nitrogens with one attached hydrogen (secondary N) is 1. The van der Waals surface area contributed by atoms with Crippen LogP contribution in [0.25, 0.3) is 0 Å². The summed E-state index contributed by atoms with van der Waals surface area (Å²) >= 11 is 0. The summed E-state index contributed by atoms with van der Waals surface area (Å²) in [5, 5.41) is 3.23. The smallest absolute Gasteiger partial charge is 0.196 e. The first-order valence-corrected chi connectivity index (χ1v) is 6.44. The maximum atomic E-state index is 14.1. The number of hydrogen-bond acceptors (Lipinski definition) is 3. The number of hydrogen-bond donors (Lipinski definition) is 1. The van der Waals surface area contributed by atoms with Gasteiger partial charge in [-0.25, -0.2) is 4.39 Å². The molecule has 4 heteroatoms. The lowest BCUT2D eigenvalue weighted by molar-refractivity contribution is 0.103. The molecule has 1 aliphatic heterocycles. The van der Waals surface area contributed by atoms with Gasteiger partial charge in [-0.15, -0.1) is 0 Å². The molecule has 0 unspecified atom stereocenters. The van der Waals surface area contributed by atoms with Crippen molar-refractivity contribution in [2.75, 3.05) is 19.0 Å². The average molecular weight is 271 g/mol. The minimum atomic E-state index is -0.612. The summed E-state index contributed by atoms with van der Waals surface area (Å²) in [4.78, 5) is 12.4. The second-order valence-corrected chi connectivity index (χ2v) is 4.70. The number of carbonyl (C=O) groups is 1. The van der Waals surface area contributed by atoms with Gasteiger partial charge in [0.15, 0.2) is 17.3 Å². The van der Waals surface area contributed by atoms with E-state index in [9.17, 15) is 9.18 Å². The summed E-state index contributed by atoms with van der Waals surface area (Å²) in [6.07, 6.45) is 0.886. The third-order valence-electron chi connectivity index (χ3n) is 3.51. The number of ketones is 1. The van der Waals surface area contributed by atoms with Crippen LogP contribution in [0, 0.1) is 5.82 Å². The van der Waals surface area contributed by atoms with Gasteiger partial charge in [-0.05, 0) is 42.3 Å². The van der Waals surface area contributed by atoms with Crippen molar-refractivity contribution in [1.29, 1.82) is 0 Å². The maximum absolute atomic E-state index is 14.1. The SMILES string of the molecule is COc1cccc(C(=O)c2ccc3c(c2)CCN3)c1F. The zero-order valence-corrected chi connectivity index (χ0v) is 11.1. The third kappa shape index (κ3) is 2.03. The fourth-order valence-electron chi connectivity index (χ4n) is 2.45. The first kappa shape index (κ1) is 12.7. The molecule has 3 nitrogen and oxygen atoms in total. The van der Waals surface area contributed by atoms with Crippen LogP contribution in [0.4, 0.5) is 10.1 Å². The van der Waals surface area contributed by atoms with Crippen LogP contribution < -0.4 is 10.1 Å². The minimum Gasteiger partial charge on any atom is -0.494 e. The number of anilines is 1. The largest absolute Gasteiger partial charge is 0.494 e. The molecule has 0 aromatic heterocycles. The predicted molar refractivity (Wildman–Crippen MR) is 75.0 cm³/mol. The molecule has 3 rings (SSSR count). The van der Waals surface area contributed by atoms with E-state index in [0.717, 1.165) is 24.2 Å². The Labute approximate surface area is 116 Å². The van der Waals surface area contributed by atoms with E-state index in [1.807, 2.05) is 12.1 Å². The van der Waals surface area contributed by atoms with Gasteiger partial charge in [0.05, 0.1) is 12.7 Å². The molecule has 102 valence electrons. The first-order valence-electron chi connectivity index (χ1n) is 6.44. The van der Waals surface area contributed by atoms with Crippen LogP contribution in [0.2, 0.25) is 0 Å². The van der Waals surface area contributed by atoms with Crippen molar-refractivity contribution >= 4 is 11.5 Å². The quantitative estimate of drug-likeness (QED) is 0.872. The molecule has 0 fully saturated rings. The van der Waals surface area contributed by atoms with Gasteiger partial charge in [-0.1, -0.05) is 6.07 Å². The summed E-state index contributed by atoms with van der Waals surface area (Å²) in [6, 6.07) is 10.0. The van der Waals surface area contributed by atoms with Gasteiger partial charge in [0, 0.05) is 17.8 Å². The topological polar surface area (TPSA) is 38.3 Å². The van der Waals surface area contributed by atoms with Gasteiger partial charge in [0.25, 0.3) is 0 Å². The van der Waals surface area contributed by atoms with Crippen molar-refractivity contribution in [2.45, 2.75) is 6.42 Å². The molecule has 2 aromatic rings. The van der Waals surface area contributed by atoms with Gasteiger partial charge >= 0.3 is 0 Å². The molecule has 0 radical (unpaired) electrons. The zero-order chi connectivity index (χ0) is 14.1. The molecule has 1 aliphatic rings. The Morgan fingerprint density at radius 1 is 1.30 bits per heavy atom. The monoisotopic (exact) mass is 271 g/mol. The Bertz CT molecular complexity index is 682. The first-order chi connectivity index (χ1) is 9.70. The second-order valence-electron chi connectivity index (χ2n) is 4.70. The minimum absolute atomic E-state index is 0.0373. The number of ether oxygens (including phenoxy) is 1. The second kappa shape index (κ2) is 4.96. The lowest BCUT2D eigenvalue weighted by atomic mass is 9.99. The third-order valence-corrected chi connectivity index (χ3v) is 3.51. The lowest BCUT2D eigenvalue weighted by Gasteiger charge is -2.08. The number of fused-ring (bicyclic) bond motifs is 1. The van der Waals surface area contributed by atoms with Gasteiger partial charge in [0.2, 0.25) is 0 Å². The Morgan fingerprint density at radius 2 is 2.15 bits per heavy atom. The van der Waals surface area contributed by atoms with Crippen LogP contribution in [0.1, 0.15) is 21.5 Å². The Hall–Kier alpha value is -2.36. The van der Waals surface area contributed by atoms with Crippen molar-refractivity contribution in [3.05, 3.63) is 58.9 Å². The van der Waals surface area contributed by atoms with Crippen LogP contribution in [0.5, 0.6) is 5.75 Å². The molecule has 0 spiro atoms. The van der Waals surface area contributed by atoms with Crippen LogP contribution in [-0.2, 0) is 6.42 Å². The molecule has 1 N–H and O–H groups in total. The van der Waals surface area contributed by atoms with Crippen molar-refractivity contribution in [3.63, 3.8) is 0 Å². The molecule has 20 heavy (non-hydrogen) atoms. The van der Waals surface area contributed by atoms with E-state index in [1.165, 1.54) is 19.2 Å². The highest BCUT2D eigenvalue weighted by molar-refractivity contribution is 6.09. The maximum Gasteiger partial charge on any atom is 0.196 e. The zero-order valence-electron chi connectivity index (χ0n) is 11.1. The Balaban J connectivity index is 2.01. The van der Waals surface area contributed by atoms with Gasteiger partial charge in [0.1, 0.15) is 0 Å². The van der Waals surface area contributed by atoms with Crippen molar-refractivity contribution in [2.24, 2.45) is 0 Å². The highest BCUT2D eigenvalue weighted by Gasteiger charge is 2.19. The molecular weight excluding hydrogens is 257 g/mol. The number of benzene rings is 2. The lowest BCUT2D eigenvalue weighted by Crippen LogP contribution is -2.06. The number of methoxy groups -OCH3 is 1. The average Bonchev–Trinajstić information content (AvgIpc) is 2.94. The van der Waals surface area contributed by atoms with E-state index in [0.29, 0.717) is 5.56 Å². The van der Waals surface area contributed by atoms with Crippen molar-refractivity contribution < 1.29 is 13.9 Å². The molecule has 0 amide bonds. The summed E-state index contributed by atoms with van der Waals surface area (Å²) in [5.74, 6) is -0.853. The number of rotatable bonds is 3. The van der Waals surface area contributed by atoms with Gasteiger partial charge in [-0.3, -0.25) is 4.79 Å². The van der Waals surface area contributed by atoms with Gasteiger partial charge < -0.3 is 10.1 Å². The van der Waals surface area contributed by atoms with Gasteiger partial charge in [-0.2, -0.15) is 0 Å². The van der Waals surface area contributed by atoms with E-state index in [1.54, 1.807) is 12.1 Å². The molecule has 0 saturated heterocycles. The Kier molecular flexibility index (Phi) is 3.14. The molecule has 1 heterocycles. The number of halogens is 1. The highest BCUT2D eigenvalue weighted by atomic mass is 19.1. The molecule has 0 aliphatic carbocycles. The Morgan fingerprint density at radius 3 is 2.95 bits per heavy atom. The highest BCUT2D eigenvalue weighted by Crippen LogP contribution is 2.26. The van der Waals surface area contributed by atoms with E-state index >= 15 is 0 Å². The normalized spacial score (nSPS) is 12.7. The molecule has 0 atom stereocenters. The summed E-state index contributed by atoms with van der Waals surface area (Å²) in [7, 11) is 1.38. The fraction of sp³-hybridized carbons (Fsp3) is 0.188. The molecule has 0 bridgehead atoms. The molecular formula is C16H14FNO2. The van der Waals surface area contributed by atoms with Crippen LogP contribution in [-0.4, -0.2) is 19.4 Å². The summed E-state index contributed by atoms with van der Waals surface area (Å²) in [5.41, 5.74) is 2.68. The predicted octanol–water partition coefficient (Wildman–Crippen LogP) is 3.03. The summed E-state index contributed by atoms with van der Waals surface area (Å²) < 4.78 is 19.0. The van der Waals surface area contributed by atoms with E-state index < -0.39 is 5.82 Å². The van der Waals surface area contributed by atoms with E-state index in [2.05, 4.69) is 5.32 Å². The summed E-state index contributed by atoms with van der Waals surface area (Å²) in [6.45, 7) is 0.875. The van der Waals surface area contributed by atoms with E-state index in [-0.39, 0.29) is 17.1 Å². The van der Waals surface area contributed by atoms with Crippen LogP contribution in [0.15, 0.2) is 36.4 Å². The van der Waals surface area contributed by atoms with Crippen LogP contribution >= 0.6 is 0 Å². The van der Waals surface area contributed by atoms with E-state index in [4.69, 9.17) is 4.74 Å². The number of carbonyl (C=O) groups excluding carboxylic acids is 1. The molecule has 2 aromatic carbocycles. The standard InChI is InChI=1S/C16H14FNO2/c1-20-14-4-2-3-12(15(14)17)16(19)11-5-6-13-10(9-11)7-8-18-13/h2-6,9,18H,7-8H2,1H3. The molecule has 0 saturated carbocycles. The van der Waals surface area contributed by atoms with Crippen LogP contribution in [0.3, 0.4) is 0 Å². The van der Waals surface area contributed by atoms with Crippen molar-refractivity contribution in [1.82, 2.24) is 0 Å².